The molecule has 4 aromatic carbocycles. The third kappa shape index (κ3) is 13.2. The lowest BCUT2D eigenvalue weighted by atomic mass is 10.1. The molecule has 0 saturated carbocycles. The van der Waals surface area contributed by atoms with Gasteiger partial charge in [-0.15, -0.1) is 0 Å². The van der Waals surface area contributed by atoms with Crippen LogP contribution in [0, 0.1) is 0 Å². The highest BCUT2D eigenvalue weighted by Crippen LogP contribution is 2.40. The van der Waals surface area contributed by atoms with Crippen molar-refractivity contribution >= 4 is 84.2 Å². The van der Waals surface area contributed by atoms with E-state index >= 15 is 0 Å². The number of likely N-dealkylation sites (tertiary alicyclic amines) is 4. The Balaban J connectivity index is 0.980. The Kier molecular flexibility index (Phi) is 17.6. The topological polar surface area (TPSA) is 307 Å². The second kappa shape index (κ2) is 25.5. The average molecular weight is 1280 g/mol. The molecule has 24 nitrogen and oxygen atoms in total. The summed E-state index contributed by atoms with van der Waals surface area (Å²) in [6, 6.07) is 18.5. The molecular weight excluding hydrogens is 1200 g/mol. The quantitative estimate of drug-likeness (QED) is 0.0515. The van der Waals surface area contributed by atoms with Crippen LogP contribution in [-0.2, 0) is 40.1 Å². The van der Waals surface area contributed by atoms with Crippen LogP contribution < -0.4 is 18.9 Å². The van der Waals surface area contributed by atoms with Crippen LogP contribution in [0.1, 0.15) is 77.0 Å². The van der Waals surface area contributed by atoms with E-state index < -0.39 is 40.1 Å². The van der Waals surface area contributed by atoms with Crippen LogP contribution in [0.25, 0.3) is 89.7 Å². The number of aromatic amines is 2. The fraction of sp³-hybridized carbons (Fsp3) is 0.467. The van der Waals surface area contributed by atoms with Crippen molar-refractivity contribution in [2.45, 2.75) is 96.6 Å². The van der Waals surface area contributed by atoms with Crippen molar-refractivity contribution in [1.29, 1.82) is 0 Å². The number of hydrogen-bond acceptors (Lipinski definition) is 18. The minimum Gasteiger partial charge on any atom is -0.324 e. The number of rotatable bonds is 20. The number of benzene rings is 4. The molecule has 6 aliphatic heterocycles. The highest BCUT2D eigenvalue weighted by molar-refractivity contribution is 7.90. The molecule has 13 rings (SSSR count). The number of aromatic nitrogens is 8. The number of sulfonamides is 4. The summed E-state index contributed by atoms with van der Waals surface area (Å²) in [5, 5.41) is 1.62. The van der Waals surface area contributed by atoms with Crippen molar-refractivity contribution in [2.75, 3.05) is 105 Å². The van der Waals surface area contributed by atoms with Gasteiger partial charge in [0, 0.05) is 96.2 Å². The first-order valence-corrected chi connectivity index (χ1v) is 36.7. The minimum absolute atomic E-state index is 0.0178. The first-order valence-electron chi connectivity index (χ1n) is 30.8. The molecule has 0 spiro atoms. The summed E-state index contributed by atoms with van der Waals surface area (Å²) >= 11 is 0. The van der Waals surface area contributed by atoms with E-state index in [2.05, 4.69) is 48.5 Å². The van der Waals surface area contributed by atoms with Gasteiger partial charge in [0.2, 0.25) is 40.1 Å². The van der Waals surface area contributed by atoms with Crippen molar-refractivity contribution < 1.29 is 33.7 Å². The Bertz CT molecular complexity index is 4450. The maximum Gasteiger partial charge on any atom is 0.240 e. The van der Waals surface area contributed by atoms with Gasteiger partial charge in [-0.05, 0) is 177 Å². The van der Waals surface area contributed by atoms with Crippen molar-refractivity contribution in [3.63, 3.8) is 0 Å². The number of fused-ring (bicyclic) bond motifs is 20. The zero-order chi connectivity index (χ0) is 60.6. The van der Waals surface area contributed by atoms with E-state index in [1.807, 2.05) is 0 Å². The van der Waals surface area contributed by atoms with Gasteiger partial charge in [-0.1, -0.05) is 25.7 Å². The smallest absolute Gasteiger partial charge is 0.240 e. The van der Waals surface area contributed by atoms with Crippen LogP contribution in [0.3, 0.4) is 0 Å². The van der Waals surface area contributed by atoms with E-state index in [1.54, 1.807) is 24.3 Å². The lowest BCUT2D eigenvalue weighted by molar-refractivity contribution is 0.233. The normalized spacial score (nSPS) is 17.8. The molecule has 0 atom stereocenters. The fourth-order valence-electron chi connectivity index (χ4n) is 12.8. The zero-order valence-electron chi connectivity index (χ0n) is 49.1. The Labute approximate surface area is 513 Å². The maximum atomic E-state index is 14.2. The van der Waals surface area contributed by atoms with Gasteiger partial charge in [0.25, 0.3) is 0 Å². The van der Waals surface area contributed by atoms with E-state index in [9.17, 15) is 33.7 Å². The van der Waals surface area contributed by atoms with Gasteiger partial charge in [-0.25, -0.2) is 82.5 Å². The lowest BCUT2D eigenvalue weighted by Gasteiger charge is -2.26. The van der Waals surface area contributed by atoms with Crippen molar-refractivity contribution in [2.24, 2.45) is 0 Å². The van der Waals surface area contributed by atoms with Gasteiger partial charge >= 0.3 is 0 Å². The monoisotopic (exact) mass is 1270 g/mol. The highest BCUT2D eigenvalue weighted by Gasteiger charge is 2.29. The molecule has 0 unspecified atom stereocenters. The average Bonchev–Trinajstić information content (AvgIpc) is 1.96. The van der Waals surface area contributed by atoms with Crippen molar-refractivity contribution in [3.8, 4) is 45.6 Å². The molecule has 7 aromatic rings. The van der Waals surface area contributed by atoms with E-state index in [4.69, 9.17) is 29.9 Å². The molecule has 4 fully saturated rings. The largest absolute Gasteiger partial charge is 0.324 e. The number of H-pyrrole nitrogens is 2. The first kappa shape index (κ1) is 60.6. The third-order valence-corrected chi connectivity index (χ3v) is 23.5. The predicted molar refractivity (Wildman–Crippen MR) is 338 cm³/mol. The van der Waals surface area contributed by atoms with Gasteiger partial charge < -0.3 is 29.6 Å². The zero-order valence-corrected chi connectivity index (χ0v) is 52.4. The van der Waals surface area contributed by atoms with E-state index in [0.29, 0.717) is 70.0 Å². The van der Waals surface area contributed by atoms with Crippen LogP contribution in [0.4, 0.5) is 0 Å². The molecule has 88 heavy (non-hydrogen) atoms. The molecule has 8 bridgehead atoms. The summed E-state index contributed by atoms with van der Waals surface area (Å²) in [4.78, 5) is 45.9. The van der Waals surface area contributed by atoms with Crippen LogP contribution in [0.15, 0.2) is 92.4 Å². The Morgan fingerprint density at radius 2 is 0.580 bits per heavy atom. The lowest BCUT2D eigenvalue weighted by Crippen LogP contribution is -2.37. The molecule has 466 valence electrons. The maximum absolute atomic E-state index is 14.2. The number of piperidine rings is 4. The standard InChI is InChI=1S/C60H74N16O8S4/c77-85(78,61-21-33-73-25-5-1-6-26-73)41-13-17-45-49(37-41)57-65-53(45)70-58-51-39-43(87(81,82)63-23-35-75-29-9-3-10-30-75)15-19-47(51)55(67-58)72-60-52-40-44(88(83,84)64-24-36-76-31-11-4-12-32-76)16-20-48(52)56(68-60)71-59-50-38-42(14-18-46(50)54(66-59)69-57)86(79,80)62-22-34-74-27-7-2-8-28-74/h13-20,37-40,61-64H,1-12,21-36H2,(H2,65,66,67,68,69,70,71,72). The molecule has 28 heteroatoms. The third-order valence-electron chi connectivity index (χ3n) is 17.6. The molecule has 6 aliphatic rings. The van der Waals surface area contributed by atoms with Gasteiger partial charge in [-0.3, -0.25) is 0 Å². The minimum atomic E-state index is -4.07. The summed E-state index contributed by atoms with van der Waals surface area (Å²) in [6.45, 7) is 10.3. The van der Waals surface area contributed by atoms with Gasteiger partial charge in [0.05, 0.1) is 19.6 Å². The van der Waals surface area contributed by atoms with E-state index in [-0.39, 0.29) is 91.6 Å². The molecule has 0 radical (unpaired) electrons. The van der Waals surface area contributed by atoms with E-state index in [1.165, 1.54) is 48.5 Å². The van der Waals surface area contributed by atoms with Crippen LogP contribution in [0.2, 0.25) is 0 Å². The molecule has 0 aliphatic carbocycles. The van der Waals surface area contributed by atoms with Crippen LogP contribution in [-0.4, -0.2) is 198 Å². The summed E-state index contributed by atoms with van der Waals surface area (Å²) in [5.74, 6) is 0.290. The second-order valence-corrected chi connectivity index (χ2v) is 30.7. The second-order valence-electron chi connectivity index (χ2n) is 23.6. The molecule has 6 N–H and O–H groups in total. The first-order chi connectivity index (χ1) is 42.5. The Morgan fingerprint density at radius 3 is 0.943 bits per heavy atom. The number of nitrogens with zero attached hydrogens (tertiary/aromatic N) is 10. The van der Waals surface area contributed by atoms with Crippen molar-refractivity contribution in [1.82, 2.24) is 78.4 Å². The van der Waals surface area contributed by atoms with Gasteiger partial charge in [0.1, 0.15) is 22.6 Å². The Hall–Kier alpha value is -6.28. The molecular formula is C60H74N16O8S4. The molecule has 4 saturated heterocycles. The van der Waals surface area contributed by atoms with Crippen LogP contribution in [0.5, 0.6) is 0 Å². The SMILES string of the molecule is O=S(=O)(NCCN1CCCCC1)c1ccc2c(c1)-c1nc3nc(nc4[nH]c(nc5[nH]c(nc-2n1)c1cc(S(=O)(=O)NCCN2CCCCC2)ccc51)c1cc(S(=O)(=O)NCCN2CCCCC2)ccc41)-c1cc(S(=O)(=O)NCCN2CCCCC2)ccc1-3. The van der Waals surface area contributed by atoms with E-state index in [0.717, 1.165) is 129 Å². The highest BCUT2D eigenvalue weighted by atomic mass is 32.2. The molecule has 9 heterocycles. The Morgan fingerprint density at radius 1 is 0.307 bits per heavy atom. The fourth-order valence-corrected chi connectivity index (χ4v) is 17.0. The molecule has 3 aromatic heterocycles. The summed E-state index contributed by atoms with van der Waals surface area (Å²) in [7, 11) is -16.3. The number of nitrogens with one attached hydrogen (secondary N) is 6. The number of hydrogen-bond donors (Lipinski definition) is 6. The van der Waals surface area contributed by atoms with Crippen LogP contribution >= 0.6 is 0 Å². The predicted octanol–water partition coefficient (Wildman–Crippen LogP) is 5.93. The summed E-state index contributed by atoms with van der Waals surface area (Å²) < 4.78 is 124. The van der Waals surface area contributed by atoms with Gasteiger partial charge in [-0.2, -0.15) is 0 Å². The summed E-state index contributed by atoms with van der Waals surface area (Å²) in [5.41, 5.74) is 2.18. The molecule has 0 amide bonds. The summed E-state index contributed by atoms with van der Waals surface area (Å²) in [6.07, 6.45) is 13.1. The van der Waals surface area contributed by atoms with Gasteiger partial charge in [0.15, 0.2) is 23.3 Å². The van der Waals surface area contributed by atoms with Crippen molar-refractivity contribution in [3.05, 3.63) is 72.8 Å².